The molecule has 2 aromatic rings. The van der Waals surface area contributed by atoms with Crippen LogP contribution in [-0.4, -0.2) is 73.0 Å². The summed E-state index contributed by atoms with van der Waals surface area (Å²) in [6.45, 7) is 1.12. The number of alkyl halides is 3. The SMILES string of the molecule is O=C(NO)C1(S(=O)(=O)N2CCN(c3ccc(-c4ccc(C(F)(F)F)cc4)cn3)CC2)CCOCC1. The van der Waals surface area contributed by atoms with E-state index in [1.807, 2.05) is 4.90 Å². The molecule has 2 aliphatic rings. The van der Waals surface area contributed by atoms with E-state index in [0.717, 1.165) is 12.1 Å². The van der Waals surface area contributed by atoms with Crippen molar-refractivity contribution in [2.24, 2.45) is 0 Å². The number of pyridine rings is 1. The lowest BCUT2D eigenvalue weighted by Crippen LogP contribution is -2.62. The molecule has 35 heavy (non-hydrogen) atoms. The van der Waals surface area contributed by atoms with Crippen LogP contribution in [0.25, 0.3) is 11.1 Å². The molecule has 2 saturated heterocycles. The molecule has 2 aliphatic heterocycles. The van der Waals surface area contributed by atoms with Crippen molar-refractivity contribution in [3.05, 3.63) is 48.2 Å². The number of carbonyl (C=O) groups is 1. The van der Waals surface area contributed by atoms with Gasteiger partial charge in [0.25, 0.3) is 5.91 Å². The van der Waals surface area contributed by atoms with Crippen LogP contribution >= 0.6 is 0 Å². The molecule has 0 radical (unpaired) electrons. The summed E-state index contributed by atoms with van der Waals surface area (Å²) < 4.78 is 69.8. The number of sulfonamides is 1. The average Bonchev–Trinajstić information content (AvgIpc) is 2.88. The van der Waals surface area contributed by atoms with Gasteiger partial charge in [0.1, 0.15) is 5.82 Å². The number of ether oxygens (including phenoxy) is 1. The van der Waals surface area contributed by atoms with Crippen LogP contribution in [0.4, 0.5) is 19.0 Å². The van der Waals surface area contributed by atoms with E-state index in [1.165, 1.54) is 21.9 Å². The molecule has 0 aliphatic carbocycles. The largest absolute Gasteiger partial charge is 0.416 e. The topological polar surface area (TPSA) is 112 Å². The van der Waals surface area contributed by atoms with Gasteiger partial charge in [0.05, 0.1) is 5.56 Å². The number of halogens is 3. The van der Waals surface area contributed by atoms with Crippen molar-refractivity contribution in [3.8, 4) is 11.1 Å². The van der Waals surface area contributed by atoms with Crippen LogP contribution in [0.5, 0.6) is 0 Å². The third-order valence-electron chi connectivity index (χ3n) is 6.51. The maximum atomic E-state index is 13.4. The Bertz CT molecular complexity index is 1140. The van der Waals surface area contributed by atoms with E-state index >= 15 is 0 Å². The van der Waals surface area contributed by atoms with E-state index in [1.54, 1.807) is 18.3 Å². The number of hydrogen-bond donors (Lipinski definition) is 2. The van der Waals surface area contributed by atoms with E-state index < -0.39 is 32.4 Å². The van der Waals surface area contributed by atoms with Crippen LogP contribution in [0, 0.1) is 0 Å². The molecule has 13 heteroatoms. The summed E-state index contributed by atoms with van der Waals surface area (Å²) in [7, 11) is -4.07. The van der Waals surface area contributed by atoms with E-state index in [-0.39, 0.29) is 39.1 Å². The first-order chi connectivity index (χ1) is 16.6. The summed E-state index contributed by atoms with van der Waals surface area (Å²) in [5, 5.41) is 9.17. The highest BCUT2D eigenvalue weighted by Gasteiger charge is 2.54. The molecule has 190 valence electrons. The number of piperazine rings is 1. The molecule has 0 spiro atoms. The Morgan fingerprint density at radius 1 is 1.00 bits per heavy atom. The number of rotatable bonds is 5. The highest BCUT2D eigenvalue weighted by molar-refractivity contribution is 7.91. The number of aromatic nitrogens is 1. The van der Waals surface area contributed by atoms with E-state index in [4.69, 9.17) is 9.94 Å². The Morgan fingerprint density at radius 2 is 1.60 bits per heavy atom. The lowest BCUT2D eigenvalue weighted by molar-refractivity contribution is -0.137. The molecule has 2 fully saturated rings. The van der Waals surface area contributed by atoms with Crippen molar-refractivity contribution < 1.29 is 36.3 Å². The van der Waals surface area contributed by atoms with Gasteiger partial charge in [0.15, 0.2) is 4.75 Å². The van der Waals surface area contributed by atoms with Gasteiger partial charge < -0.3 is 9.64 Å². The van der Waals surface area contributed by atoms with Crippen molar-refractivity contribution in [3.63, 3.8) is 0 Å². The first-order valence-electron chi connectivity index (χ1n) is 11.0. The lowest BCUT2D eigenvalue weighted by Gasteiger charge is -2.41. The van der Waals surface area contributed by atoms with Gasteiger partial charge in [-0.25, -0.2) is 18.9 Å². The quantitative estimate of drug-likeness (QED) is 0.465. The Balaban J connectivity index is 1.43. The van der Waals surface area contributed by atoms with Crippen molar-refractivity contribution in [1.29, 1.82) is 0 Å². The molecular formula is C22H25F3N4O5S. The van der Waals surface area contributed by atoms with Gasteiger partial charge in [0.2, 0.25) is 10.0 Å². The van der Waals surface area contributed by atoms with Crippen molar-refractivity contribution in [2.45, 2.75) is 23.8 Å². The zero-order chi connectivity index (χ0) is 25.3. The number of nitrogens with one attached hydrogen (secondary N) is 1. The van der Waals surface area contributed by atoms with Crippen LogP contribution in [0.15, 0.2) is 42.6 Å². The van der Waals surface area contributed by atoms with Gasteiger partial charge in [-0.1, -0.05) is 12.1 Å². The van der Waals surface area contributed by atoms with Crippen molar-refractivity contribution in [2.75, 3.05) is 44.3 Å². The summed E-state index contributed by atoms with van der Waals surface area (Å²) in [5.74, 6) is -0.352. The minimum absolute atomic E-state index is 0.0467. The second-order valence-corrected chi connectivity index (χ2v) is 10.7. The second-order valence-electron chi connectivity index (χ2n) is 8.42. The monoisotopic (exact) mass is 514 g/mol. The highest BCUT2D eigenvalue weighted by atomic mass is 32.2. The first-order valence-corrected chi connectivity index (χ1v) is 12.4. The maximum absolute atomic E-state index is 13.4. The fourth-order valence-electron chi connectivity index (χ4n) is 4.41. The molecule has 0 saturated carbocycles. The zero-order valence-electron chi connectivity index (χ0n) is 18.7. The molecule has 4 rings (SSSR count). The van der Waals surface area contributed by atoms with Gasteiger partial charge >= 0.3 is 6.18 Å². The fraction of sp³-hybridized carbons (Fsp3) is 0.455. The van der Waals surface area contributed by atoms with Crippen LogP contribution in [-0.2, 0) is 25.7 Å². The molecule has 0 unspecified atom stereocenters. The standard InChI is InChI=1S/C22H25F3N4O5S/c23-22(24,25)18-4-1-16(2-5-18)17-3-6-19(26-15-17)28-9-11-29(12-10-28)35(32,33)21(20(30)27-31)7-13-34-14-8-21/h1-6,15,31H,7-14H2,(H,27,30). The molecule has 3 heterocycles. The number of amides is 1. The molecule has 9 nitrogen and oxygen atoms in total. The van der Waals surface area contributed by atoms with Crippen molar-refractivity contribution in [1.82, 2.24) is 14.8 Å². The Labute approximate surface area is 200 Å². The molecule has 0 atom stereocenters. The number of nitrogens with zero attached hydrogens (tertiary/aromatic N) is 3. The molecule has 1 aromatic carbocycles. The van der Waals surface area contributed by atoms with Crippen LogP contribution < -0.4 is 10.4 Å². The van der Waals surface area contributed by atoms with E-state index in [9.17, 15) is 26.4 Å². The van der Waals surface area contributed by atoms with Crippen molar-refractivity contribution >= 4 is 21.7 Å². The smallest absolute Gasteiger partial charge is 0.381 e. The molecule has 1 amide bonds. The van der Waals surface area contributed by atoms with Crippen LogP contribution in [0.3, 0.4) is 0 Å². The van der Waals surface area contributed by atoms with Gasteiger partial charge in [-0.3, -0.25) is 10.0 Å². The Hall–Kier alpha value is -2.74. The number of hydroxylamine groups is 1. The number of benzene rings is 1. The Morgan fingerprint density at radius 3 is 2.11 bits per heavy atom. The predicted molar refractivity (Wildman–Crippen MR) is 120 cm³/mol. The fourth-order valence-corrected chi connectivity index (χ4v) is 6.51. The predicted octanol–water partition coefficient (Wildman–Crippen LogP) is 2.27. The third-order valence-corrected chi connectivity index (χ3v) is 9.13. The molecule has 0 bridgehead atoms. The normalized spacial score (nSPS) is 19.4. The van der Waals surface area contributed by atoms with E-state index in [0.29, 0.717) is 30.0 Å². The third kappa shape index (κ3) is 4.85. The Kier molecular flexibility index (Phi) is 7.04. The van der Waals surface area contributed by atoms with E-state index in [2.05, 4.69) is 4.98 Å². The molecule has 2 N–H and O–H groups in total. The molecule has 1 aromatic heterocycles. The average molecular weight is 515 g/mol. The minimum atomic E-state index is -4.40. The number of anilines is 1. The lowest BCUT2D eigenvalue weighted by atomic mass is 9.98. The van der Waals surface area contributed by atoms with Gasteiger partial charge in [-0.15, -0.1) is 0 Å². The first kappa shape index (κ1) is 25.4. The van der Waals surface area contributed by atoms with Gasteiger partial charge in [-0.2, -0.15) is 17.5 Å². The zero-order valence-corrected chi connectivity index (χ0v) is 19.5. The summed E-state index contributed by atoms with van der Waals surface area (Å²) in [5.41, 5.74) is 2.03. The number of hydrogen-bond acceptors (Lipinski definition) is 7. The second kappa shape index (κ2) is 9.72. The summed E-state index contributed by atoms with van der Waals surface area (Å²) >= 11 is 0. The summed E-state index contributed by atoms with van der Waals surface area (Å²) in [4.78, 5) is 18.7. The molecular weight excluding hydrogens is 489 g/mol. The van der Waals surface area contributed by atoms with Gasteiger partial charge in [0, 0.05) is 64.0 Å². The maximum Gasteiger partial charge on any atom is 0.416 e. The summed E-state index contributed by atoms with van der Waals surface area (Å²) in [6.07, 6.45) is -2.93. The van der Waals surface area contributed by atoms with Crippen LogP contribution in [0.1, 0.15) is 18.4 Å². The van der Waals surface area contributed by atoms with Gasteiger partial charge in [-0.05, 0) is 29.8 Å². The van der Waals surface area contributed by atoms with Crippen LogP contribution in [0.2, 0.25) is 0 Å². The minimum Gasteiger partial charge on any atom is -0.381 e. The number of carbonyl (C=O) groups excluding carboxylic acids is 1. The highest BCUT2D eigenvalue weighted by Crippen LogP contribution is 2.34. The summed E-state index contributed by atoms with van der Waals surface area (Å²) in [6, 6.07) is 8.29.